The van der Waals surface area contributed by atoms with Gasteiger partial charge in [0.1, 0.15) is 0 Å². The smallest absolute Gasteiger partial charge is 0.0422 e. The first-order valence-corrected chi connectivity index (χ1v) is 3.18. The van der Waals surface area contributed by atoms with Gasteiger partial charge in [-0.05, 0) is 11.8 Å². The Morgan fingerprint density at radius 1 is 1.12 bits per heavy atom. The zero-order valence-electron chi connectivity index (χ0n) is 6.36. The first-order chi connectivity index (χ1) is 3.18. The molecule has 0 rings (SSSR count). The Morgan fingerprint density at radius 3 is 1.50 bits per heavy atom. The summed E-state index contributed by atoms with van der Waals surface area (Å²) in [6.45, 7) is 9.08. The van der Waals surface area contributed by atoms with Crippen LogP contribution in [0.25, 0.3) is 0 Å². The largest absolute Gasteiger partial charge is 0.412 e. The lowest BCUT2D eigenvalue weighted by molar-refractivity contribution is 0.407. The van der Waals surface area contributed by atoms with Crippen molar-refractivity contribution < 1.29 is 5.48 Å². The molecule has 0 amide bonds. The summed E-state index contributed by atoms with van der Waals surface area (Å²) in [6, 6.07) is 0. The lowest BCUT2D eigenvalue weighted by Gasteiger charge is -2.10. The van der Waals surface area contributed by atoms with Crippen molar-refractivity contribution in [3.8, 4) is 0 Å². The molecular weight excluding hydrogens is 100 g/mol. The first kappa shape index (κ1) is 10.9. The van der Waals surface area contributed by atoms with Gasteiger partial charge in [-0.15, -0.1) is 0 Å². The quantitative estimate of drug-likeness (QED) is 0.530. The standard InChI is InChI=1S/C7H16.H2O/c1-5-7(4)6(2)3;/h6-7H,5H2,1-4H3;1H2. The topological polar surface area (TPSA) is 31.5 Å². The van der Waals surface area contributed by atoms with E-state index in [0.717, 1.165) is 11.8 Å². The summed E-state index contributed by atoms with van der Waals surface area (Å²) in [5, 5.41) is 0. The van der Waals surface area contributed by atoms with Crippen LogP contribution in [0.15, 0.2) is 0 Å². The molecular formula is C7H18O. The van der Waals surface area contributed by atoms with Gasteiger partial charge in [-0.2, -0.15) is 0 Å². The van der Waals surface area contributed by atoms with Crippen LogP contribution in [0, 0.1) is 11.8 Å². The zero-order valence-corrected chi connectivity index (χ0v) is 6.36. The fourth-order valence-corrected chi connectivity index (χ4v) is 0.471. The van der Waals surface area contributed by atoms with E-state index in [-0.39, 0.29) is 5.48 Å². The number of hydrogen-bond donors (Lipinski definition) is 0. The van der Waals surface area contributed by atoms with E-state index >= 15 is 0 Å². The monoisotopic (exact) mass is 118 g/mol. The van der Waals surface area contributed by atoms with Gasteiger partial charge in [-0.1, -0.05) is 34.1 Å². The maximum Gasteiger partial charge on any atom is -0.0422 e. The van der Waals surface area contributed by atoms with Crippen molar-refractivity contribution >= 4 is 0 Å². The van der Waals surface area contributed by atoms with Gasteiger partial charge in [0.2, 0.25) is 0 Å². The molecule has 52 valence electrons. The normalized spacial score (nSPS) is 13.1. The maximum atomic E-state index is 2.30. The molecule has 1 nitrogen and oxygen atoms in total. The summed E-state index contributed by atoms with van der Waals surface area (Å²) in [4.78, 5) is 0. The molecule has 0 aromatic rings. The van der Waals surface area contributed by atoms with Gasteiger partial charge in [-0.25, -0.2) is 0 Å². The molecule has 1 unspecified atom stereocenters. The Hall–Kier alpha value is -0.0400. The molecule has 0 aromatic heterocycles. The van der Waals surface area contributed by atoms with Crippen molar-refractivity contribution in [1.29, 1.82) is 0 Å². The predicted octanol–water partition coefficient (Wildman–Crippen LogP) is 1.86. The van der Waals surface area contributed by atoms with E-state index < -0.39 is 0 Å². The molecule has 0 fully saturated rings. The van der Waals surface area contributed by atoms with Crippen molar-refractivity contribution in [1.82, 2.24) is 0 Å². The van der Waals surface area contributed by atoms with E-state index in [1.165, 1.54) is 6.42 Å². The summed E-state index contributed by atoms with van der Waals surface area (Å²) >= 11 is 0. The molecule has 0 spiro atoms. The summed E-state index contributed by atoms with van der Waals surface area (Å²) < 4.78 is 0. The van der Waals surface area contributed by atoms with Crippen LogP contribution < -0.4 is 0 Å². The second-order valence-electron chi connectivity index (χ2n) is 2.63. The fraction of sp³-hybridized carbons (Fsp3) is 1.00. The molecule has 0 heterocycles. The Bertz CT molecular complexity index is 41.7. The second kappa shape index (κ2) is 5.10. The molecule has 0 bridgehead atoms. The Kier molecular flexibility index (Phi) is 6.93. The molecule has 1 heteroatoms. The molecule has 0 aliphatic carbocycles. The summed E-state index contributed by atoms with van der Waals surface area (Å²) in [5.74, 6) is 1.77. The Balaban J connectivity index is 0. The van der Waals surface area contributed by atoms with Crippen molar-refractivity contribution in [3.63, 3.8) is 0 Å². The third kappa shape index (κ3) is 4.13. The minimum Gasteiger partial charge on any atom is -0.412 e. The minimum atomic E-state index is 0. The maximum absolute atomic E-state index is 2.30. The Morgan fingerprint density at radius 2 is 1.50 bits per heavy atom. The van der Waals surface area contributed by atoms with Crippen LogP contribution >= 0.6 is 0 Å². The van der Waals surface area contributed by atoms with Gasteiger partial charge in [0.05, 0.1) is 0 Å². The van der Waals surface area contributed by atoms with Gasteiger partial charge < -0.3 is 5.48 Å². The van der Waals surface area contributed by atoms with Gasteiger partial charge in [-0.3, -0.25) is 0 Å². The number of rotatable bonds is 2. The third-order valence-corrected chi connectivity index (χ3v) is 1.78. The molecule has 2 N–H and O–H groups in total. The molecule has 0 saturated heterocycles. The SMILES string of the molecule is CCC(C)C(C)C.O. The third-order valence-electron chi connectivity index (χ3n) is 1.78. The van der Waals surface area contributed by atoms with E-state index in [9.17, 15) is 0 Å². The molecule has 0 saturated carbocycles. The molecule has 0 radical (unpaired) electrons. The molecule has 0 aliphatic rings. The first-order valence-electron chi connectivity index (χ1n) is 3.18. The zero-order chi connectivity index (χ0) is 5.86. The molecule has 0 aliphatic heterocycles. The van der Waals surface area contributed by atoms with Gasteiger partial charge in [0.25, 0.3) is 0 Å². The van der Waals surface area contributed by atoms with Crippen LogP contribution in [-0.2, 0) is 0 Å². The van der Waals surface area contributed by atoms with Crippen LogP contribution in [0.4, 0.5) is 0 Å². The lowest BCUT2D eigenvalue weighted by atomic mass is 9.96. The highest BCUT2D eigenvalue weighted by Gasteiger charge is 2.01. The molecule has 1 atom stereocenters. The number of hydrogen-bond acceptors (Lipinski definition) is 0. The van der Waals surface area contributed by atoms with E-state index in [1.807, 2.05) is 0 Å². The highest BCUT2D eigenvalue weighted by Crippen LogP contribution is 2.11. The predicted molar refractivity (Wildman–Crippen MR) is 37.9 cm³/mol. The highest BCUT2D eigenvalue weighted by atomic mass is 16.0. The van der Waals surface area contributed by atoms with E-state index in [4.69, 9.17) is 0 Å². The summed E-state index contributed by atoms with van der Waals surface area (Å²) in [7, 11) is 0. The highest BCUT2D eigenvalue weighted by molar-refractivity contribution is 4.52. The van der Waals surface area contributed by atoms with Crippen molar-refractivity contribution in [2.45, 2.75) is 34.1 Å². The van der Waals surface area contributed by atoms with Gasteiger partial charge in [0.15, 0.2) is 0 Å². The molecule has 8 heavy (non-hydrogen) atoms. The summed E-state index contributed by atoms with van der Waals surface area (Å²) in [6.07, 6.45) is 1.32. The van der Waals surface area contributed by atoms with Gasteiger partial charge >= 0.3 is 0 Å². The average Bonchev–Trinajstić information content (AvgIpc) is 1.65. The van der Waals surface area contributed by atoms with Crippen LogP contribution in [0.2, 0.25) is 0 Å². The van der Waals surface area contributed by atoms with Crippen LogP contribution in [0.1, 0.15) is 34.1 Å². The fourth-order valence-electron chi connectivity index (χ4n) is 0.471. The van der Waals surface area contributed by atoms with Gasteiger partial charge in [0, 0.05) is 0 Å². The second-order valence-corrected chi connectivity index (χ2v) is 2.63. The van der Waals surface area contributed by atoms with Crippen molar-refractivity contribution in [3.05, 3.63) is 0 Å². The van der Waals surface area contributed by atoms with Crippen molar-refractivity contribution in [2.24, 2.45) is 11.8 Å². The average molecular weight is 118 g/mol. The summed E-state index contributed by atoms with van der Waals surface area (Å²) in [5.41, 5.74) is 0. The lowest BCUT2D eigenvalue weighted by Crippen LogP contribution is -2.00. The van der Waals surface area contributed by atoms with Crippen LogP contribution in [-0.4, -0.2) is 5.48 Å². The van der Waals surface area contributed by atoms with Crippen molar-refractivity contribution in [2.75, 3.05) is 0 Å². The van der Waals surface area contributed by atoms with E-state index in [0.29, 0.717) is 0 Å². The minimum absolute atomic E-state index is 0. The van der Waals surface area contributed by atoms with E-state index in [2.05, 4.69) is 27.7 Å². The van der Waals surface area contributed by atoms with Crippen LogP contribution in [0.5, 0.6) is 0 Å². The van der Waals surface area contributed by atoms with Crippen LogP contribution in [0.3, 0.4) is 0 Å². The van der Waals surface area contributed by atoms with E-state index in [1.54, 1.807) is 0 Å². The Labute approximate surface area is 52.4 Å². The molecule has 0 aromatic carbocycles.